The van der Waals surface area contributed by atoms with Crippen molar-refractivity contribution in [3.05, 3.63) is 152 Å². The lowest BCUT2D eigenvalue weighted by molar-refractivity contribution is 0.670. The Kier molecular flexibility index (Phi) is 4.84. The van der Waals surface area contributed by atoms with Crippen molar-refractivity contribution in [2.75, 3.05) is 0 Å². The van der Waals surface area contributed by atoms with Gasteiger partial charge in [0.2, 0.25) is 0 Å². The van der Waals surface area contributed by atoms with Crippen LogP contribution in [0.1, 0.15) is 0 Å². The Hall–Kier alpha value is -6.32. The highest BCUT2D eigenvalue weighted by Crippen LogP contribution is 2.47. The largest absolute Gasteiger partial charge is 0.455 e. The summed E-state index contributed by atoms with van der Waals surface area (Å²) >= 11 is 0. The van der Waals surface area contributed by atoms with Crippen LogP contribution in [-0.4, -0.2) is 4.57 Å². The van der Waals surface area contributed by atoms with Crippen LogP contribution in [0.5, 0.6) is 0 Å². The lowest BCUT2D eigenvalue weighted by Gasteiger charge is -2.13. The molecular weight excluding hydrogens is 574 g/mol. The number of hydrogen-bond donors (Lipinski definition) is 0. The third-order valence-corrected chi connectivity index (χ3v) is 9.95. The third kappa shape index (κ3) is 3.35. The van der Waals surface area contributed by atoms with Gasteiger partial charge in [-0.1, -0.05) is 103 Å². The number of furan rings is 2. The van der Waals surface area contributed by atoms with Crippen LogP contribution in [0.4, 0.5) is 0 Å². The van der Waals surface area contributed by atoms with E-state index in [1.54, 1.807) is 0 Å². The standard InChI is InChI=1S/C44H25NO2/c1-2-13-28(14-3-1)45-38-19-8-6-15-29(38)37-25-35(33-18-10-17-32-30-16-7-9-20-39(30)46-43(32)33)31-21-22-34-36-23-26-11-4-5-12-27(26)24-40(36)47-44(34)41(31)42(37)45/h1-25H. The summed E-state index contributed by atoms with van der Waals surface area (Å²) in [7, 11) is 0. The highest BCUT2D eigenvalue weighted by Gasteiger charge is 2.23. The van der Waals surface area contributed by atoms with Gasteiger partial charge in [0.25, 0.3) is 0 Å². The van der Waals surface area contributed by atoms with Crippen LogP contribution >= 0.6 is 0 Å². The summed E-state index contributed by atoms with van der Waals surface area (Å²) in [6.07, 6.45) is 0. The van der Waals surface area contributed by atoms with Crippen LogP contribution in [0, 0.1) is 0 Å². The van der Waals surface area contributed by atoms with E-state index < -0.39 is 0 Å². The molecule has 0 saturated heterocycles. The smallest absolute Gasteiger partial charge is 0.145 e. The summed E-state index contributed by atoms with van der Waals surface area (Å²) in [6.45, 7) is 0. The molecule has 0 N–H and O–H groups in total. The Balaban J connectivity index is 1.39. The van der Waals surface area contributed by atoms with E-state index >= 15 is 0 Å². The zero-order chi connectivity index (χ0) is 30.6. The van der Waals surface area contributed by atoms with Gasteiger partial charge in [-0.3, -0.25) is 0 Å². The van der Waals surface area contributed by atoms with Crippen LogP contribution in [0.2, 0.25) is 0 Å². The number of para-hydroxylation sites is 4. The van der Waals surface area contributed by atoms with Crippen molar-refractivity contribution >= 4 is 87.2 Å². The molecule has 3 heterocycles. The first-order valence-electron chi connectivity index (χ1n) is 16.0. The molecule has 11 aromatic rings. The number of fused-ring (bicyclic) bond motifs is 13. The van der Waals surface area contributed by atoms with E-state index in [0.29, 0.717) is 0 Å². The molecule has 3 heteroatoms. The number of hydrogen-bond acceptors (Lipinski definition) is 2. The number of benzene rings is 8. The summed E-state index contributed by atoms with van der Waals surface area (Å²) in [6, 6.07) is 54.0. The molecule has 0 saturated carbocycles. The maximum absolute atomic E-state index is 6.96. The molecule has 0 unspecified atom stereocenters. The van der Waals surface area contributed by atoms with Gasteiger partial charge in [0.15, 0.2) is 0 Å². The van der Waals surface area contributed by atoms with Gasteiger partial charge >= 0.3 is 0 Å². The normalized spacial score (nSPS) is 12.3. The van der Waals surface area contributed by atoms with Crippen LogP contribution in [-0.2, 0) is 0 Å². The minimum Gasteiger partial charge on any atom is -0.455 e. The van der Waals surface area contributed by atoms with Gasteiger partial charge < -0.3 is 13.4 Å². The second-order valence-electron chi connectivity index (χ2n) is 12.5. The average molecular weight is 600 g/mol. The quantitative estimate of drug-likeness (QED) is 0.198. The summed E-state index contributed by atoms with van der Waals surface area (Å²) < 4.78 is 16.0. The van der Waals surface area contributed by atoms with E-state index in [-0.39, 0.29) is 0 Å². The molecule has 218 valence electrons. The monoisotopic (exact) mass is 599 g/mol. The van der Waals surface area contributed by atoms with Crippen molar-refractivity contribution in [3.63, 3.8) is 0 Å². The molecule has 0 aliphatic heterocycles. The van der Waals surface area contributed by atoms with Crippen LogP contribution in [0.3, 0.4) is 0 Å². The molecule has 3 aromatic heterocycles. The number of aromatic nitrogens is 1. The van der Waals surface area contributed by atoms with E-state index in [4.69, 9.17) is 8.83 Å². The Morgan fingerprint density at radius 2 is 1.06 bits per heavy atom. The highest BCUT2D eigenvalue weighted by atomic mass is 16.3. The van der Waals surface area contributed by atoms with Crippen LogP contribution in [0.25, 0.3) is 104 Å². The van der Waals surface area contributed by atoms with Crippen molar-refractivity contribution < 1.29 is 8.83 Å². The molecule has 0 aliphatic rings. The summed E-state index contributed by atoms with van der Waals surface area (Å²) in [5, 5.41) is 11.5. The van der Waals surface area contributed by atoms with E-state index in [0.717, 1.165) is 82.5 Å². The predicted molar refractivity (Wildman–Crippen MR) is 196 cm³/mol. The second-order valence-corrected chi connectivity index (χ2v) is 12.5. The van der Waals surface area contributed by atoms with Gasteiger partial charge in [-0.25, -0.2) is 0 Å². The molecule has 47 heavy (non-hydrogen) atoms. The van der Waals surface area contributed by atoms with E-state index in [1.165, 1.54) is 21.5 Å². The Bertz CT molecular complexity index is 3070. The van der Waals surface area contributed by atoms with Crippen LogP contribution < -0.4 is 0 Å². The Morgan fingerprint density at radius 3 is 1.96 bits per heavy atom. The average Bonchev–Trinajstić information content (AvgIpc) is 3.80. The number of nitrogens with zero attached hydrogens (tertiary/aromatic N) is 1. The van der Waals surface area contributed by atoms with Crippen molar-refractivity contribution in [1.82, 2.24) is 4.57 Å². The molecule has 8 aromatic carbocycles. The van der Waals surface area contributed by atoms with E-state index in [1.807, 2.05) is 6.07 Å². The van der Waals surface area contributed by atoms with Gasteiger partial charge in [-0.05, 0) is 70.3 Å². The lowest BCUT2D eigenvalue weighted by Crippen LogP contribution is -1.95. The van der Waals surface area contributed by atoms with Gasteiger partial charge in [-0.15, -0.1) is 0 Å². The topological polar surface area (TPSA) is 31.2 Å². The first kappa shape index (κ1) is 24.9. The number of rotatable bonds is 2. The highest BCUT2D eigenvalue weighted by molar-refractivity contribution is 6.30. The van der Waals surface area contributed by atoms with Gasteiger partial charge in [0.05, 0.1) is 16.4 Å². The first-order chi connectivity index (χ1) is 23.3. The van der Waals surface area contributed by atoms with Crippen molar-refractivity contribution in [3.8, 4) is 16.8 Å². The molecular formula is C44H25NO2. The second kappa shape index (κ2) is 9.12. The van der Waals surface area contributed by atoms with Gasteiger partial charge in [0.1, 0.15) is 22.3 Å². The molecule has 0 bridgehead atoms. The fourth-order valence-corrected chi connectivity index (χ4v) is 7.89. The fraction of sp³-hybridized carbons (Fsp3) is 0. The maximum atomic E-state index is 6.96. The molecule has 0 fully saturated rings. The molecule has 11 rings (SSSR count). The minimum absolute atomic E-state index is 0.895. The Morgan fingerprint density at radius 1 is 0.383 bits per heavy atom. The van der Waals surface area contributed by atoms with Crippen LogP contribution in [0.15, 0.2) is 160 Å². The minimum atomic E-state index is 0.895. The molecule has 0 aliphatic carbocycles. The van der Waals surface area contributed by atoms with Crippen molar-refractivity contribution in [2.24, 2.45) is 0 Å². The van der Waals surface area contributed by atoms with Crippen molar-refractivity contribution in [1.29, 1.82) is 0 Å². The van der Waals surface area contributed by atoms with E-state index in [9.17, 15) is 0 Å². The van der Waals surface area contributed by atoms with Gasteiger partial charge in [0, 0.05) is 43.6 Å². The zero-order valence-electron chi connectivity index (χ0n) is 25.2. The van der Waals surface area contributed by atoms with Crippen molar-refractivity contribution in [2.45, 2.75) is 0 Å². The first-order valence-corrected chi connectivity index (χ1v) is 16.0. The van der Waals surface area contributed by atoms with Gasteiger partial charge in [-0.2, -0.15) is 0 Å². The molecule has 0 spiro atoms. The van der Waals surface area contributed by atoms with E-state index in [2.05, 4.69) is 150 Å². The molecule has 0 atom stereocenters. The summed E-state index contributed by atoms with van der Waals surface area (Å²) in [5.74, 6) is 0. The summed E-state index contributed by atoms with van der Waals surface area (Å²) in [5.41, 5.74) is 9.21. The molecule has 0 radical (unpaired) electrons. The zero-order valence-corrected chi connectivity index (χ0v) is 25.2. The summed E-state index contributed by atoms with van der Waals surface area (Å²) in [4.78, 5) is 0. The lowest BCUT2D eigenvalue weighted by atomic mass is 9.92. The predicted octanol–water partition coefficient (Wildman–Crippen LogP) is 12.6. The third-order valence-electron chi connectivity index (χ3n) is 9.95. The SMILES string of the molecule is c1ccc(-n2c3ccccc3c3cc(-c4cccc5c4oc4ccccc45)c4ccc5c6cc7ccccc7cc6oc5c4c32)cc1. The fourth-order valence-electron chi connectivity index (χ4n) is 7.89. The molecule has 0 amide bonds. The Labute approximate surface area is 268 Å². The molecule has 3 nitrogen and oxygen atoms in total. The maximum Gasteiger partial charge on any atom is 0.145 e.